The molecule has 1 amide bonds. The third kappa shape index (κ3) is 2.66. The zero-order valence-electron chi connectivity index (χ0n) is 15.8. The maximum Gasteiger partial charge on any atom is 0.335 e. The molecule has 8 nitrogen and oxygen atoms in total. The van der Waals surface area contributed by atoms with E-state index in [1.165, 1.54) is 17.3 Å². The normalized spacial score (nSPS) is 19.2. The van der Waals surface area contributed by atoms with Crippen LogP contribution in [0.4, 0.5) is 11.4 Å². The van der Waals surface area contributed by atoms with E-state index in [2.05, 4.69) is 10.6 Å². The first-order valence-electron chi connectivity index (χ1n) is 8.71. The van der Waals surface area contributed by atoms with E-state index in [1.54, 1.807) is 61.1 Å². The Hall–Kier alpha value is -2.91. The maximum absolute atomic E-state index is 13.2. The fraction of sp³-hybridized carbons (Fsp3) is 0.263. The molecule has 0 radical (unpaired) electrons. The van der Waals surface area contributed by atoms with Gasteiger partial charge in [0.05, 0.1) is 24.7 Å². The number of pyridine rings is 1. The molecule has 2 N–H and O–H groups in total. The molecule has 1 unspecified atom stereocenters. The first-order chi connectivity index (χ1) is 13.3. The van der Waals surface area contributed by atoms with Crippen molar-refractivity contribution in [2.45, 2.75) is 17.4 Å². The Bertz CT molecular complexity index is 1190. The number of nitrogens with zero attached hydrogens (tertiary/aromatic N) is 2. The number of rotatable bonds is 4. The summed E-state index contributed by atoms with van der Waals surface area (Å²) in [6.07, 6.45) is 3.23. The molecule has 1 aliphatic rings. The summed E-state index contributed by atoms with van der Waals surface area (Å²) >= 11 is 0. The lowest BCUT2D eigenvalue weighted by Gasteiger charge is -2.35. The molecular weight excluding hydrogens is 380 g/mol. The molecule has 1 aliphatic heterocycles. The molecule has 0 saturated carbocycles. The van der Waals surface area contributed by atoms with E-state index in [0.29, 0.717) is 22.4 Å². The molecule has 0 spiro atoms. The number of hydrogen-bond acceptors (Lipinski definition) is 5. The monoisotopic (exact) mass is 401 g/mol. The van der Waals surface area contributed by atoms with E-state index in [9.17, 15) is 13.2 Å². The molecule has 0 aliphatic carbocycles. The lowest BCUT2D eigenvalue weighted by atomic mass is 9.98. The van der Waals surface area contributed by atoms with Crippen molar-refractivity contribution in [1.29, 1.82) is 0 Å². The summed E-state index contributed by atoms with van der Waals surface area (Å²) in [4.78, 5) is 12.7. The van der Waals surface area contributed by atoms with Crippen LogP contribution in [0.25, 0.3) is 11.0 Å². The summed E-state index contributed by atoms with van der Waals surface area (Å²) in [6.45, 7) is 1.91. The van der Waals surface area contributed by atoms with Crippen LogP contribution in [0.3, 0.4) is 0 Å². The molecule has 0 bridgehead atoms. The van der Waals surface area contributed by atoms with Gasteiger partial charge in [0.25, 0.3) is 5.91 Å². The SMILES string of the molecule is COCC1(C)Nc2c(c[n+](C)c3c2ccn3S(=O)(=O)c2ccccc2)NC1=O. The average Bonchev–Trinajstić information content (AvgIpc) is 3.12. The molecule has 1 atom stereocenters. The van der Waals surface area contributed by atoms with E-state index >= 15 is 0 Å². The van der Waals surface area contributed by atoms with Crippen molar-refractivity contribution in [3.63, 3.8) is 0 Å². The van der Waals surface area contributed by atoms with E-state index in [0.717, 1.165) is 0 Å². The quantitative estimate of drug-likeness (QED) is 0.646. The van der Waals surface area contributed by atoms with Gasteiger partial charge in [-0.3, -0.25) is 4.79 Å². The Kier molecular flexibility index (Phi) is 4.16. The molecule has 4 rings (SSSR count). The first-order valence-corrected chi connectivity index (χ1v) is 10.1. The number of hydrogen-bond donors (Lipinski definition) is 2. The van der Waals surface area contributed by atoms with Crippen molar-refractivity contribution in [1.82, 2.24) is 3.97 Å². The van der Waals surface area contributed by atoms with Gasteiger partial charge < -0.3 is 15.4 Å². The zero-order valence-corrected chi connectivity index (χ0v) is 16.6. The number of benzene rings is 1. The Balaban J connectivity index is 1.93. The second kappa shape index (κ2) is 6.32. The molecular formula is C19H21N4O4S+. The third-order valence-corrected chi connectivity index (χ3v) is 6.59. The summed E-state index contributed by atoms with van der Waals surface area (Å²) in [6, 6.07) is 10.0. The van der Waals surface area contributed by atoms with Crippen molar-refractivity contribution in [3.8, 4) is 0 Å². The van der Waals surface area contributed by atoms with Gasteiger partial charge in [-0.2, -0.15) is 8.42 Å². The second-order valence-corrected chi connectivity index (χ2v) is 8.85. The number of aromatic nitrogens is 2. The number of carbonyl (C=O) groups is 1. The Morgan fingerprint density at radius 1 is 1.21 bits per heavy atom. The first kappa shape index (κ1) is 18.5. The number of ether oxygens (including phenoxy) is 1. The average molecular weight is 401 g/mol. The fourth-order valence-electron chi connectivity index (χ4n) is 3.52. The molecule has 3 heterocycles. The van der Waals surface area contributed by atoms with E-state index in [-0.39, 0.29) is 17.4 Å². The van der Waals surface area contributed by atoms with Crippen LogP contribution < -0.4 is 15.2 Å². The molecule has 0 saturated heterocycles. The van der Waals surface area contributed by atoms with Crippen LogP contribution in [-0.2, 0) is 26.6 Å². The summed E-state index contributed by atoms with van der Waals surface area (Å²) < 4.78 is 34.4. The van der Waals surface area contributed by atoms with Gasteiger partial charge >= 0.3 is 15.7 Å². The molecule has 0 fully saturated rings. The van der Waals surface area contributed by atoms with E-state index < -0.39 is 15.6 Å². The van der Waals surface area contributed by atoms with Gasteiger partial charge in [0.1, 0.15) is 28.5 Å². The van der Waals surface area contributed by atoms with Crippen molar-refractivity contribution in [2.24, 2.45) is 7.05 Å². The Morgan fingerprint density at radius 3 is 2.61 bits per heavy atom. The predicted octanol–water partition coefficient (Wildman–Crippen LogP) is 1.47. The van der Waals surface area contributed by atoms with Crippen LogP contribution in [0.2, 0.25) is 0 Å². The molecule has 9 heteroatoms. The van der Waals surface area contributed by atoms with E-state index in [4.69, 9.17) is 4.74 Å². The minimum absolute atomic E-state index is 0.170. The van der Waals surface area contributed by atoms with Gasteiger partial charge in [-0.15, -0.1) is 3.97 Å². The summed E-state index contributed by atoms with van der Waals surface area (Å²) in [7, 11) is -0.493. The van der Waals surface area contributed by atoms with E-state index in [1.807, 2.05) is 0 Å². The molecule has 3 aromatic rings. The second-order valence-electron chi connectivity index (χ2n) is 7.04. The van der Waals surface area contributed by atoms with Gasteiger partial charge in [-0.25, -0.2) is 4.57 Å². The highest BCUT2D eigenvalue weighted by Crippen LogP contribution is 2.36. The lowest BCUT2D eigenvalue weighted by Crippen LogP contribution is -2.54. The largest absolute Gasteiger partial charge is 0.382 e. The van der Waals surface area contributed by atoms with Crippen molar-refractivity contribution in [2.75, 3.05) is 24.4 Å². The van der Waals surface area contributed by atoms with Gasteiger partial charge in [0.15, 0.2) is 0 Å². The standard InChI is InChI=1S/C19H20N4O4S/c1-19(12-27-3)18(24)20-15-11-22(2)17-14(16(15)21-19)9-10-23(17)28(25,26)13-7-5-4-6-8-13/h4-11H,12H2,1-3H3,(H,20,24)/p+1. The van der Waals surface area contributed by atoms with Crippen molar-refractivity contribution >= 4 is 38.3 Å². The topological polar surface area (TPSA) is 93.3 Å². The molecule has 146 valence electrons. The number of anilines is 2. The number of methoxy groups -OCH3 is 1. The van der Waals surface area contributed by atoms with Crippen molar-refractivity contribution < 1.29 is 22.5 Å². The summed E-state index contributed by atoms with van der Waals surface area (Å²) in [5.41, 5.74) is 0.776. The maximum atomic E-state index is 13.2. The predicted molar refractivity (Wildman–Crippen MR) is 105 cm³/mol. The fourth-order valence-corrected chi connectivity index (χ4v) is 4.93. The van der Waals surface area contributed by atoms with Gasteiger partial charge in [0, 0.05) is 7.11 Å². The lowest BCUT2D eigenvalue weighted by molar-refractivity contribution is -0.646. The summed E-state index contributed by atoms with van der Waals surface area (Å²) in [5.74, 6) is -0.211. The number of aryl methyl sites for hydroxylation is 1. The number of fused-ring (bicyclic) bond motifs is 3. The van der Waals surface area contributed by atoms with Crippen LogP contribution in [0.15, 0.2) is 53.7 Å². The molecule has 2 aromatic heterocycles. The smallest absolute Gasteiger partial charge is 0.335 e. The Morgan fingerprint density at radius 2 is 1.93 bits per heavy atom. The molecule has 28 heavy (non-hydrogen) atoms. The van der Waals surface area contributed by atoms with Crippen LogP contribution in [0, 0.1) is 0 Å². The number of nitrogens with one attached hydrogen (secondary N) is 2. The molecule has 1 aromatic carbocycles. The highest BCUT2D eigenvalue weighted by molar-refractivity contribution is 7.90. The van der Waals surface area contributed by atoms with Crippen molar-refractivity contribution in [3.05, 3.63) is 48.8 Å². The highest BCUT2D eigenvalue weighted by atomic mass is 32.2. The van der Waals surface area contributed by atoms with Gasteiger partial charge in [-0.05, 0) is 25.1 Å². The van der Waals surface area contributed by atoms with Crippen LogP contribution >= 0.6 is 0 Å². The number of carbonyl (C=O) groups excluding carboxylic acids is 1. The highest BCUT2D eigenvalue weighted by Gasteiger charge is 2.40. The van der Waals surface area contributed by atoms with Gasteiger partial charge in [-0.1, -0.05) is 18.2 Å². The third-order valence-electron chi connectivity index (χ3n) is 4.91. The Labute approximate surface area is 162 Å². The van der Waals surface area contributed by atoms with Crippen LogP contribution in [0.1, 0.15) is 6.92 Å². The number of amides is 1. The van der Waals surface area contributed by atoms with Crippen LogP contribution in [0.5, 0.6) is 0 Å². The minimum atomic E-state index is -3.77. The minimum Gasteiger partial charge on any atom is -0.382 e. The summed E-state index contributed by atoms with van der Waals surface area (Å²) in [5, 5.41) is 6.81. The zero-order chi connectivity index (χ0) is 20.1. The van der Waals surface area contributed by atoms with Crippen LogP contribution in [-0.4, -0.2) is 37.6 Å². The van der Waals surface area contributed by atoms with Gasteiger partial charge in [0.2, 0.25) is 0 Å².